The summed E-state index contributed by atoms with van der Waals surface area (Å²) in [6.07, 6.45) is 2.63. The number of rotatable bonds is 6. The number of nitrogens with zero attached hydrogens (tertiary/aromatic N) is 3. The first-order valence-corrected chi connectivity index (χ1v) is 8.66. The van der Waals surface area contributed by atoms with Gasteiger partial charge in [0, 0.05) is 37.1 Å². The van der Waals surface area contributed by atoms with Crippen LogP contribution in [0.4, 0.5) is 4.39 Å². The van der Waals surface area contributed by atoms with Gasteiger partial charge in [-0.05, 0) is 44.0 Å². The zero-order valence-corrected chi connectivity index (χ0v) is 15.7. The Morgan fingerprint density at radius 2 is 2.04 bits per heavy atom. The van der Waals surface area contributed by atoms with Crippen LogP contribution in [0.5, 0.6) is 0 Å². The third-order valence-electron chi connectivity index (χ3n) is 4.42. The maximum atomic E-state index is 13.8. The standard InChI is InChI=1S/C21H24FN3O/c1-5-10-25-15(2)11-18(16(25)3)12-19(13-23)21(26)24(4)14-17-8-6-7-9-20(17)22/h6-9,11-12H,5,10,14H2,1-4H3/b19-12+. The molecule has 0 unspecified atom stereocenters. The molecule has 0 bridgehead atoms. The summed E-state index contributed by atoms with van der Waals surface area (Å²) in [4.78, 5) is 14.0. The predicted molar refractivity (Wildman–Crippen MR) is 101 cm³/mol. The van der Waals surface area contributed by atoms with Crippen molar-refractivity contribution in [2.45, 2.75) is 40.3 Å². The topological polar surface area (TPSA) is 49.0 Å². The van der Waals surface area contributed by atoms with Gasteiger partial charge in [-0.3, -0.25) is 4.79 Å². The van der Waals surface area contributed by atoms with Crippen LogP contribution in [0, 0.1) is 31.0 Å². The van der Waals surface area contributed by atoms with Crippen LogP contribution in [0.1, 0.15) is 35.9 Å². The zero-order chi connectivity index (χ0) is 19.3. The Bertz CT molecular complexity index is 874. The first-order chi connectivity index (χ1) is 12.4. The van der Waals surface area contributed by atoms with Crippen molar-refractivity contribution < 1.29 is 9.18 Å². The molecular weight excluding hydrogens is 329 g/mol. The highest BCUT2D eigenvalue weighted by Crippen LogP contribution is 2.20. The Labute approximate surface area is 154 Å². The molecular formula is C21H24FN3O. The minimum Gasteiger partial charge on any atom is -0.349 e. The molecule has 0 radical (unpaired) electrons. The van der Waals surface area contributed by atoms with Gasteiger partial charge in [-0.15, -0.1) is 0 Å². The van der Waals surface area contributed by atoms with Crippen LogP contribution in [0.25, 0.3) is 6.08 Å². The van der Waals surface area contributed by atoms with Crippen molar-refractivity contribution in [3.05, 3.63) is 64.2 Å². The van der Waals surface area contributed by atoms with Crippen LogP contribution in [0.3, 0.4) is 0 Å². The van der Waals surface area contributed by atoms with E-state index in [2.05, 4.69) is 11.5 Å². The second-order valence-electron chi connectivity index (χ2n) is 6.40. The molecule has 0 spiro atoms. The maximum Gasteiger partial charge on any atom is 0.264 e. The number of likely N-dealkylation sites (N-methyl/N-ethyl adjacent to an activating group) is 1. The number of nitriles is 1. The lowest BCUT2D eigenvalue weighted by Crippen LogP contribution is -2.27. The van der Waals surface area contributed by atoms with Crippen molar-refractivity contribution >= 4 is 12.0 Å². The summed E-state index contributed by atoms with van der Waals surface area (Å²) in [7, 11) is 1.57. The summed E-state index contributed by atoms with van der Waals surface area (Å²) >= 11 is 0. The number of aromatic nitrogens is 1. The second-order valence-corrected chi connectivity index (χ2v) is 6.40. The van der Waals surface area contributed by atoms with Crippen LogP contribution in [-0.4, -0.2) is 22.4 Å². The molecule has 1 amide bonds. The Hall–Kier alpha value is -2.87. The molecule has 0 saturated heterocycles. The first-order valence-electron chi connectivity index (χ1n) is 8.66. The SMILES string of the molecule is CCCn1c(C)cc(/C=C(\C#N)C(=O)N(C)Cc2ccccc2F)c1C. The van der Waals surface area contributed by atoms with Crippen LogP contribution >= 0.6 is 0 Å². The summed E-state index contributed by atoms with van der Waals surface area (Å²) < 4.78 is 16.0. The third-order valence-corrected chi connectivity index (χ3v) is 4.42. The van der Waals surface area contributed by atoms with Crippen molar-refractivity contribution in [2.24, 2.45) is 0 Å². The van der Waals surface area contributed by atoms with E-state index in [1.54, 1.807) is 31.3 Å². The molecule has 1 aromatic heterocycles. The number of amides is 1. The number of halogens is 1. The van der Waals surface area contributed by atoms with Gasteiger partial charge in [0.1, 0.15) is 17.5 Å². The molecule has 0 aliphatic carbocycles. The molecule has 2 aromatic rings. The summed E-state index contributed by atoms with van der Waals surface area (Å²) in [5.74, 6) is -0.784. The van der Waals surface area contributed by atoms with Crippen LogP contribution < -0.4 is 0 Å². The molecule has 1 heterocycles. The molecule has 26 heavy (non-hydrogen) atoms. The highest BCUT2D eigenvalue weighted by molar-refractivity contribution is 6.01. The Balaban J connectivity index is 2.26. The van der Waals surface area contributed by atoms with E-state index in [0.29, 0.717) is 5.56 Å². The van der Waals surface area contributed by atoms with Gasteiger partial charge in [0.2, 0.25) is 0 Å². The predicted octanol–water partition coefficient (Wildman–Crippen LogP) is 4.22. The van der Waals surface area contributed by atoms with Gasteiger partial charge in [0.05, 0.1) is 0 Å². The van der Waals surface area contributed by atoms with E-state index in [9.17, 15) is 14.4 Å². The number of hydrogen-bond donors (Lipinski definition) is 0. The van der Waals surface area contributed by atoms with Crippen molar-refractivity contribution in [3.63, 3.8) is 0 Å². The average Bonchev–Trinajstić information content (AvgIpc) is 2.88. The van der Waals surface area contributed by atoms with Crippen molar-refractivity contribution in [2.75, 3.05) is 7.05 Å². The van der Waals surface area contributed by atoms with Gasteiger partial charge in [-0.1, -0.05) is 25.1 Å². The molecule has 0 aliphatic heterocycles. The molecule has 0 atom stereocenters. The molecule has 5 heteroatoms. The number of benzene rings is 1. The molecule has 136 valence electrons. The fraction of sp³-hybridized carbons (Fsp3) is 0.333. The molecule has 2 rings (SSSR count). The lowest BCUT2D eigenvalue weighted by molar-refractivity contribution is -0.125. The summed E-state index contributed by atoms with van der Waals surface area (Å²) in [6, 6.07) is 10.3. The molecule has 0 fully saturated rings. The zero-order valence-electron chi connectivity index (χ0n) is 15.7. The van der Waals surface area contributed by atoms with Gasteiger partial charge in [-0.25, -0.2) is 4.39 Å². The van der Waals surface area contributed by atoms with E-state index in [-0.39, 0.29) is 17.9 Å². The van der Waals surface area contributed by atoms with E-state index < -0.39 is 5.91 Å². The van der Waals surface area contributed by atoms with Crippen molar-refractivity contribution in [1.29, 1.82) is 5.26 Å². The smallest absolute Gasteiger partial charge is 0.264 e. The summed E-state index contributed by atoms with van der Waals surface area (Å²) in [5, 5.41) is 9.45. The summed E-state index contributed by atoms with van der Waals surface area (Å²) in [5.41, 5.74) is 3.45. The average molecular weight is 353 g/mol. The fourth-order valence-corrected chi connectivity index (χ4v) is 3.00. The van der Waals surface area contributed by atoms with Gasteiger partial charge in [0.25, 0.3) is 5.91 Å². The van der Waals surface area contributed by atoms with Crippen LogP contribution in [0.15, 0.2) is 35.9 Å². The Kier molecular flexibility index (Phi) is 6.35. The highest BCUT2D eigenvalue weighted by atomic mass is 19.1. The highest BCUT2D eigenvalue weighted by Gasteiger charge is 2.17. The first kappa shape index (κ1) is 19.5. The molecule has 1 aromatic carbocycles. The van der Waals surface area contributed by atoms with Crippen molar-refractivity contribution in [3.8, 4) is 6.07 Å². The maximum absolute atomic E-state index is 13.8. The van der Waals surface area contributed by atoms with Gasteiger partial charge in [-0.2, -0.15) is 5.26 Å². The van der Waals surface area contributed by atoms with E-state index in [1.165, 1.54) is 11.0 Å². The Morgan fingerprint density at radius 1 is 1.35 bits per heavy atom. The lowest BCUT2D eigenvalue weighted by atomic mass is 10.1. The van der Waals surface area contributed by atoms with E-state index in [4.69, 9.17) is 0 Å². The number of hydrogen-bond acceptors (Lipinski definition) is 2. The molecule has 4 nitrogen and oxygen atoms in total. The number of carbonyl (C=O) groups is 1. The number of aryl methyl sites for hydroxylation is 1. The fourth-order valence-electron chi connectivity index (χ4n) is 3.00. The van der Waals surface area contributed by atoms with Crippen molar-refractivity contribution in [1.82, 2.24) is 9.47 Å². The second kappa shape index (κ2) is 8.48. The third kappa shape index (κ3) is 4.20. The number of carbonyl (C=O) groups excluding carboxylic acids is 1. The normalized spacial score (nSPS) is 11.3. The molecule has 0 aliphatic rings. The van der Waals surface area contributed by atoms with Gasteiger partial charge < -0.3 is 9.47 Å². The molecule has 0 saturated carbocycles. The van der Waals surface area contributed by atoms with E-state index in [0.717, 1.165) is 29.9 Å². The van der Waals surface area contributed by atoms with E-state index in [1.807, 2.05) is 26.0 Å². The quantitative estimate of drug-likeness (QED) is 0.577. The Morgan fingerprint density at radius 3 is 2.65 bits per heavy atom. The molecule has 0 N–H and O–H groups in total. The minimum atomic E-state index is -0.420. The summed E-state index contributed by atoms with van der Waals surface area (Å²) in [6.45, 7) is 7.11. The van der Waals surface area contributed by atoms with E-state index >= 15 is 0 Å². The van der Waals surface area contributed by atoms with Crippen LogP contribution in [0.2, 0.25) is 0 Å². The monoisotopic (exact) mass is 353 g/mol. The lowest BCUT2D eigenvalue weighted by Gasteiger charge is -2.17. The largest absolute Gasteiger partial charge is 0.349 e. The van der Waals surface area contributed by atoms with Gasteiger partial charge in [0.15, 0.2) is 0 Å². The minimum absolute atomic E-state index is 0.0422. The van der Waals surface area contributed by atoms with Gasteiger partial charge >= 0.3 is 0 Å². The van der Waals surface area contributed by atoms with Crippen LogP contribution in [-0.2, 0) is 17.9 Å².